The maximum Gasteiger partial charge on any atom is 0.123 e. The van der Waals surface area contributed by atoms with Gasteiger partial charge in [-0.2, -0.15) is 5.10 Å². The van der Waals surface area contributed by atoms with Crippen LogP contribution >= 0.6 is 0 Å². The van der Waals surface area contributed by atoms with Crippen molar-refractivity contribution in [3.8, 4) is 11.3 Å². The van der Waals surface area contributed by atoms with Crippen LogP contribution in [0.15, 0.2) is 35.1 Å². The van der Waals surface area contributed by atoms with Crippen molar-refractivity contribution in [3.05, 3.63) is 42.2 Å². The van der Waals surface area contributed by atoms with E-state index in [4.69, 9.17) is 4.42 Å². The van der Waals surface area contributed by atoms with E-state index in [1.54, 1.807) is 0 Å². The summed E-state index contributed by atoms with van der Waals surface area (Å²) in [6.07, 6.45) is 5.78. The largest absolute Gasteiger partial charge is 0.465 e. The molecule has 0 aliphatic carbocycles. The number of hydrogen-bond donors (Lipinski definition) is 0. The number of hydrogen-bond acceptors (Lipinski definition) is 5. The second kappa shape index (κ2) is 6.60. The second-order valence-electron chi connectivity index (χ2n) is 6.56. The predicted molar refractivity (Wildman–Crippen MR) is 91.5 cm³/mol. The lowest BCUT2D eigenvalue weighted by Gasteiger charge is -2.21. The highest BCUT2D eigenvalue weighted by atomic mass is 16.3. The van der Waals surface area contributed by atoms with Crippen molar-refractivity contribution in [2.24, 2.45) is 0 Å². The lowest BCUT2D eigenvalue weighted by atomic mass is 10.2. The van der Waals surface area contributed by atoms with Crippen molar-refractivity contribution in [1.82, 2.24) is 29.7 Å². The highest BCUT2D eigenvalue weighted by molar-refractivity contribution is 5.55. The average Bonchev–Trinajstić information content (AvgIpc) is 3.24. The van der Waals surface area contributed by atoms with Crippen LogP contribution in [-0.2, 0) is 6.54 Å². The lowest BCUT2D eigenvalue weighted by Crippen LogP contribution is -2.24. The van der Waals surface area contributed by atoms with Gasteiger partial charge in [0.2, 0.25) is 0 Å². The van der Waals surface area contributed by atoms with Crippen molar-refractivity contribution in [2.75, 3.05) is 14.1 Å². The summed E-state index contributed by atoms with van der Waals surface area (Å²) in [4.78, 5) is 2.12. The molecule has 0 spiro atoms. The molecule has 3 aromatic rings. The molecule has 24 heavy (non-hydrogen) atoms. The van der Waals surface area contributed by atoms with Gasteiger partial charge in [0.05, 0.1) is 25.0 Å². The summed E-state index contributed by atoms with van der Waals surface area (Å²) in [6, 6.07) is 4.43. The Kier molecular flexibility index (Phi) is 4.53. The fraction of sp³-hybridized carbons (Fsp3) is 0.471. The summed E-state index contributed by atoms with van der Waals surface area (Å²) in [5.74, 6) is 1.85. The van der Waals surface area contributed by atoms with Crippen LogP contribution in [0.3, 0.4) is 0 Å². The highest BCUT2D eigenvalue weighted by Gasteiger charge is 2.19. The monoisotopic (exact) mass is 328 g/mol. The predicted octanol–water partition coefficient (Wildman–Crippen LogP) is 2.93. The topological polar surface area (TPSA) is 64.9 Å². The quantitative estimate of drug-likeness (QED) is 0.696. The molecular formula is C17H24N6O. The van der Waals surface area contributed by atoms with E-state index < -0.39 is 0 Å². The van der Waals surface area contributed by atoms with E-state index in [0.717, 1.165) is 22.8 Å². The molecule has 0 bridgehead atoms. The van der Waals surface area contributed by atoms with Crippen molar-refractivity contribution in [3.63, 3.8) is 0 Å². The molecule has 0 saturated carbocycles. The second-order valence-corrected chi connectivity index (χ2v) is 6.56. The summed E-state index contributed by atoms with van der Waals surface area (Å²) >= 11 is 0. The molecule has 0 aliphatic heterocycles. The van der Waals surface area contributed by atoms with Crippen LogP contribution in [0.25, 0.3) is 11.3 Å². The van der Waals surface area contributed by atoms with Crippen molar-refractivity contribution in [2.45, 2.75) is 39.4 Å². The van der Waals surface area contributed by atoms with E-state index in [1.165, 1.54) is 0 Å². The molecule has 1 unspecified atom stereocenters. The zero-order valence-corrected chi connectivity index (χ0v) is 14.8. The summed E-state index contributed by atoms with van der Waals surface area (Å²) in [6.45, 7) is 6.82. The average molecular weight is 328 g/mol. The Balaban J connectivity index is 1.79. The van der Waals surface area contributed by atoms with Crippen LogP contribution < -0.4 is 0 Å². The third-order valence-electron chi connectivity index (χ3n) is 4.04. The number of rotatable bonds is 6. The molecule has 0 radical (unpaired) electrons. The van der Waals surface area contributed by atoms with Crippen LogP contribution in [0.4, 0.5) is 0 Å². The van der Waals surface area contributed by atoms with Gasteiger partial charge in [0.25, 0.3) is 0 Å². The van der Waals surface area contributed by atoms with Gasteiger partial charge < -0.3 is 4.42 Å². The molecule has 0 aliphatic rings. The maximum absolute atomic E-state index is 5.78. The van der Waals surface area contributed by atoms with Gasteiger partial charge in [0.1, 0.15) is 17.2 Å². The minimum atomic E-state index is 0.103. The third kappa shape index (κ3) is 3.41. The van der Waals surface area contributed by atoms with Gasteiger partial charge in [-0.3, -0.25) is 9.58 Å². The first-order valence-corrected chi connectivity index (χ1v) is 8.11. The standard InChI is InChI=1S/C17H24N6O/c1-12(2)23-9-14(8-18-23)15-10-22(20-19-15)11-16(21(4)5)17-7-6-13(3)24-17/h6-10,12,16H,11H2,1-5H3. The molecule has 0 N–H and O–H groups in total. The molecular weight excluding hydrogens is 304 g/mol. The molecule has 3 rings (SSSR count). The van der Waals surface area contributed by atoms with Gasteiger partial charge in [-0.05, 0) is 47.0 Å². The SMILES string of the molecule is Cc1ccc(C(Cn2cc(-c3cnn(C(C)C)c3)nn2)N(C)C)o1. The van der Waals surface area contributed by atoms with Gasteiger partial charge in [-0.1, -0.05) is 5.21 Å². The fourth-order valence-electron chi connectivity index (χ4n) is 2.59. The molecule has 0 amide bonds. The van der Waals surface area contributed by atoms with Crippen LogP contribution in [-0.4, -0.2) is 43.8 Å². The molecule has 128 valence electrons. The summed E-state index contributed by atoms with van der Waals surface area (Å²) in [7, 11) is 4.07. The van der Waals surface area contributed by atoms with Crippen molar-refractivity contribution in [1.29, 1.82) is 0 Å². The van der Waals surface area contributed by atoms with Crippen LogP contribution in [0.5, 0.6) is 0 Å². The minimum absolute atomic E-state index is 0.103. The molecule has 3 aromatic heterocycles. The summed E-state index contributed by atoms with van der Waals surface area (Å²) in [5.41, 5.74) is 1.81. The van der Waals surface area contributed by atoms with E-state index in [2.05, 4.69) is 34.2 Å². The van der Waals surface area contributed by atoms with Gasteiger partial charge in [-0.25, -0.2) is 4.68 Å². The molecule has 7 nitrogen and oxygen atoms in total. The minimum Gasteiger partial charge on any atom is -0.465 e. The lowest BCUT2D eigenvalue weighted by molar-refractivity contribution is 0.223. The van der Waals surface area contributed by atoms with Crippen LogP contribution in [0, 0.1) is 6.92 Å². The van der Waals surface area contributed by atoms with Crippen LogP contribution in [0.2, 0.25) is 0 Å². The molecule has 3 heterocycles. The van der Waals surface area contributed by atoms with E-state index in [9.17, 15) is 0 Å². The Morgan fingerprint density at radius 1 is 1.21 bits per heavy atom. The first kappa shape index (κ1) is 16.4. The zero-order chi connectivity index (χ0) is 17.3. The number of aromatic nitrogens is 5. The Morgan fingerprint density at radius 3 is 2.58 bits per heavy atom. The molecule has 0 aromatic carbocycles. The van der Waals surface area contributed by atoms with Crippen molar-refractivity contribution >= 4 is 0 Å². The van der Waals surface area contributed by atoms with Gasteiger partial charge in [-0.15, -0.1) is 5.10 Å². The molecule has 0 saturated heterocycles. The Labute approximate surface area is 141 Å². The summed E-state index contributed by atoms with van der Waals surface area (Å²) < 4.78 is 9.55. The Bertz CT molecular complexity index is 797. The smallest absolute Gasteiger partial charge is 0.123 e. The zero-order valence-electron chi connectivity index (χ0n) is 14.8. The normalized spacial score (nSPS) is 13.1. The number of furan rings is 1. The molecule has 0 fully saturated rings. The molecule has 1 atom stereocenters. The highest BCUT2D eigenvalue weighted by Crippen LogP contribution is 2.23. The van der Waals surface area contributed by atoms with Gasteiger partial charge >= 0.3 is 0 Å². The van der Waals surface area contributed by atoms with E-state index in [0.29, 0.717) is 12.6 Å². The first-order chi connectivity index (χ1) is 11.4. The van der Waals surface area contributed by atoms with E-state index in [1.807, 2.05) is 61.1 Å². The fourth-order valence-corrected chi connectivity index (χ4v) is 2.59. The number of nitrogens with zero attached hydrogens (tertiary/aromatic N) is 6. The third-order valence-corrected chi connectivity index (χ3v) is 4.04. The number of likely N-dealkylation sites (N-methyl/N-ethyl adjacent to an activating group) is 1. The van der Waals surface area contributed by atoms with Gasteiger partial charge in [0.15, 0.2) is 0 Å². The Hall–Kier alpha value is -2.41. The maximum atomic E-state index is 5.78. The Morgan fingerprint density at radius 2 is 2.00 bits per heavy atom. The summed E-state index contributed by atoms with van der Waals surface area (Å²) in [5, 5.41) is 12.9. The van der Waals surface area contributed by atoms with Crippen molar-refractivity contribution < 1.29 is 4.42 Å². The number of aryl methyl sites for hydroxylation is 1. The van der Waals surface area contributed by atoms with E-state index in [-0.39, 0.29) is 6.04 Å². The van der Waals surface area contributed by atoms with Gasteiger partial charge in [0, 0.05) is 17.8 Å². The van der Waals surface area contributed by atoms with E-state index >= 15 is 0 Å². The van der Waals surface area contributed by atoms with Crippen LogP contribution in [0.1, 0.15) is 37.5 Å². The first-order valence-electron chi connectivity index (χ1n) is 8.11. The molecule has 7 heteroatoms.